The first-order valence-corrected chi connectivity index (χ1v) is 12.0. The number of nitrogens with one attached hydrogen (secondary N) is 1. The summed E-state index contributed by atoms with van der Waals surface area (Å²) in [6, 6.07) is 11.7. The number of hydrogen-bond donors (Lipinski definition) is 3. The average Bonchev–Trinajstić information content (AvgIpc) is 3.29. The van der Waals surface area contributed by atoms with Crippen LogP contribution in [0.2, 0.25) is 0 Å². The number of alkyl halides is 3. The lowest BCUT2D eigenvalue weighted by molar-refractivity contribution is -0.137. The zero-order chi connectivity index (χ0) is 27.3. The fraction of sp³-hybridized carbons (Fsp3) is 0.308. The van der Waals surface area contributed by atoms with Crippen LogP contribution in [0.1, 0.15) is 41.0 Å². The predicted molar refractivity (Wildman–Crippen MR) is 135 cm³/mol. The summed E-state index contributed by atoms with van der Waals surface area (Å²) in [4.78, 5) is 32.2. The lowest BCUT2D eigenvalue weighted by atomic mass is 10.1. The van der Waals surface area contributed by atoms with Crippen LogP contribution in [0, 0.1) is 0 Å². The van der Waals surface area contributed by atoms with E-state index in [-0.39, 0.29) is 24.0 Å². The van der Waals surface area contributed by atoms with E-state index in [1.807, 2.05) is 4.90 Å². The number of fused-ring (bicyclic) bond motifs is 1. The van der Waals surface area contributed by atoms with Crippen LogP contribution >= 0.6 is 0 Å². The predicted octanol–water partition coefficient (Wildman–Crippen LogP) is 3.54. The molecular weight excluding hydrogens is 501 g/mol. The van der Waals surface area contributed by atoms with Crippen LogP contribution in [0.3, 0.4) is 0 Å². The van der Waals surface area contributed by atoms with Crippen molar-refractivity contribution in [1.82, 2.24) is 15.3 Å². The van der Waals surface area contributed by atoms with Crippen LogP contribution in [-0.4, -0.2) is 41.5 Å². The Kier molecular flexibility index (Phi) is 8.10. The second-order valence-corrected chi connectivity index (χ2v) is 8.67. The van der Waals surface area contributed by atoms with Crippen LogP contribution < -0.4 is 26.4 Å². The van der Waals surface area contributed by atoms with Gasteiger partial charge in [0.05, 0.1) is 23.6 Å². The maximum atomic E-state index is 12.9. The minimum Gasteiger partial charge on any atom is -0.491 e. The summed E-state index contributed by atoms with van der Waals surface area (Å²) in [7, 11) is 0. The molecule has 0 radical (unpaired) electrons. The highest BCUT2D eigenvalue weighted by Gasteiger charge is 2.30. The SMILES string of the molecule is NCc1cc(C(N)=O)nc(-c2ccc3c(c2)OCCCN3c2ccc(C(F)(F)F)cc2)n1.O=C1CCCN1. The minimum absolute atomic E-state index is 0.0534. The maximum Gasteiger partial charge on any atom is 0.416 e. The number of primary amides is 1. The molecule has 2 aliphatic rings. The first-order valence-electron chi connectivity index (χ1n) is 12.0. The van der Waals surface area contributed by atoms with Gasteiger partial charge in [-0.15, -0.1) is 0 Å². The molecule has 1 saturated heterocycles. The molecule has 0 saturated carbocycles. The molecule has 0 aliphatic carbocycles. The molecule has 0 atom stereocenters. The van der Waals surface area contributed by atoms with Gasteiger partial charge < -0.3 is 26.4 Å². The third-order valence-corrected chi connectivity index (χ3v) is 5.94. The number of nitrogens with zero attached hydrogens (tertiary/aromatic N) is 3. The monoisotopic (exact) mass is 528 g/mol. The second kappa shape index (κ2) is 11.5. The van der Waals surface area contributed by atoms with Gasteiger partial charge in [0.15, 0.2) is 5.82 Å². The van der Waals surface area contributed by atoms with E-state index in [2.05, 4.69) is 15.3 Å². The third kappa shape index (κ3) is 6.38. The Balaban J connectivity index is 0.000000494. The van der Waals surface area contributed by atoms with Gasteiger partial charge in [0.2, 0.25) is 5.91 Å². The van der Waals surface area contributed by atoms with Crippen molar-refractivity contribution in [3.8, 4) is 17.1 Å². The molecule has 5 rings (SSSR count). The van der Waals surface area contributed by atoms with Gasteiger partial charge in [0.1, 0.15) is 11.4 Å². The summed E-state index contributed by atoms with van der Waals surface area (Å²) < 4.78 is 44.6. The van der Waals surface area contributed by atoms with Crippen LogP contribution in [0.4, 0.5) is 24.5 Å². The molecule has 2 aromatic carbocycles. The lowest BCUT2D eigenvalue weighted by Gasteiger charge is -2.24. The second-order valence-electron chi connectivity index (χ2n) is 8.67. The zero-order valence-corrected chi connectivity index (χ0v) is 20.4. The largest absolute Gasteiger partial charge is 0.491 e. The smallest absolute Gasteiger partial charge is 0.416 e. The normalized spacial score (nSPS) is 14.9. The third-order valence-electron chi connectivity index (χ3n) is 5.94. The van der Waals surface area contributed by atoms with Crippen molar-refractivity contribution < 1.29 is 27.5 Å². The van der Waals surface area contributed by atoms with E-state index >= 15 is 0 Å². The van der Waals surface area contributed by atoms with Crippen LogP contribution in [0.25, 0.3) is 11.4 Å². The molecule has 2 aliphatic heterocycles. The molecule has 1 aromatic heterocycles. The molecule has 3 heterocycles. The van der Waals surface area contributed by atoms with Gasteiger partial charge in [-0.25, -0.2) is 9.97 Å². The Morgan fingerprint density at radius 1 is 1.08 bits per heavy atom. The highest BCUT2D eigenvalue weighted by atomic mass is 19.4. The van der Waals surface area contributed by atoms with Gasteiger partial charge >= 0.3 is 6.18 Å². The number of amides is 2. The first-order chi connectivity index (χ1) is 18.2. The number of hydrogen-bond acceptors (Lipinski definition) is 7. The Labute approximate surface area is 217 Å². The summed E-state index contributed by atoms with van der Waals surface area (Å²) in [5.41, 5.74) is 12.8. The Bertz CT molecular complexity index is 1310. The fourth-order valence-electron chi connectivity index (χ4n) is 4.04. The summed E-state index contributed by atoms with van der Waals surface area (Å²) in [5, 5.41) is 2.68. The van der Waals surface area contributed by atoms with E-state index in [4.69, 9.17) is 16.2 Å². The van der Waals surface area contributed by atoms with Gasteiger partial charge in [-0.05, 0) is 61.4 Å². The highest BCUT2D eigenvalue weighted by molar-refractivity contribution is 5.91. The molecule has 2 amide bonds. The molecule has 3 aromatic rings. The van der Waals surface area contributed by atoms with E-state index in [0.29, 0.717) is 48.0 Å². The van der Waals surface area contributed by atoms with E-state index in [0.717, 1.165) is 31.5 Å². The highest BCUT2D eigenvalue weighted by Crippen LogP contribution is 2.39. The zero-order valence-electron chi connectivity index (χ0n) is 20.4. The topological polar surface area (TPSA) is 136 Å². The molecular formula is C26H27F3N6O3. The Hall–Kier alpha value is -4.19. The van der Waals surface area contributed by atoms with Crippen molar-refractivity contribution in [3.05, 3.63) is 65.5 Å². The number of aromatic nitrogens is 2. The fourth-order valence-corrected chi connectivity index (χ4v) is 4.04. The Morgan fingerprint density at radius 2 is 1.84 bits per heavy atom. The molecule has 9 nitrogen and oxygen atoms in total. The quantitative estimate of drug-likeness (QED) is 0.471. The molecule has 0 unspecified atom stereocenters. The van der Waals surface area contributed by atoms with Gasteiger partial charge in [0.25, 0.3) is 5.91 Å². The number of benzene rings is 2. The van der Waals surface area contributed by atoms with E-state index in [1.54, 1.807) is 18.2 Å². The Morgan fingerprint density at radius 3 is 2.42 bits per heavy atom. The molecule has 12 heteroatoms. The number of ether oxygens (including phenoxy) is 1. The molecule has 200 valence electrons. The van der Waals surface area contributed by atoms with E-state index in [1.165, 1.54) is 18.2 Å². The van der Waals surface area contributed by atoms with Gasteiger partial charge in [-0.1, -0.05) is 0 Å². The van der Waals surface area contributed by atoms with E-state index < -0.39 is 17.6 Å². The van der Waals surface area contributed by atoms with Crippen molar-refractivity contribution in [1.29, 1.82) is 0 Å². The van der Waals surface area contributed by atoms with Crippen molar-refractivity contribution in [2.45, 2.75) is 32.0 Å². The minimum atomic E-state index is -4.39. The van der Waals surface area contributed by atoms with Crippen LogP contribution in [0.5, 0.6) is 5.75 Å². The number of anilines is 2. The molecule has 0 spiro atoms. The summed E-state index contributed by atoms with van der Waals surface area (Å²) in [6.07, 6.45) is -1.95. The molecule has 0 bridgehead atoms. The number of rotatable bonds is 4. The van der Waals surface area contributed by atoms with Crippen LogP contribution in [0.15, 0.2) is 48.5 Å². The number of carbonyl (C=O) groups excluding carboxylic acids is 2. The summed E-state index contributed by atoms with van der Waals surface area (Å²) >= 11 is 0. The van der Waals surface area contributed by atoms with Crippen molar-refractivity contribution >= 4 is 23.2 Å². The molecule has 5 N–H and O–H groups in total. The summed E-state index contributed by atoms with van der Waals surface area (Å²) in [5.74, 6) is 0.318. The number of nitrogens with two attached hydrogens (primary N) is 2. The summed E-state index contributed by atoms with van der Waals surface area (Å²) in [6.45, 7) is 2.00. The van der Waals surface area contributed by atoms with Crippen molar-refractivity contribution in [2.75, 3.05) is 24.6 Å². The molecule has 38 heavy (non-hydrogen) atoms. The van der Waals surface area contributed by atoms with Gasteiger partial charge in [-0.3, -0.25) is 9.59 Å². The molecule has 1 fully saturated rings. The van der Waals surface area contributed by atoms with Crippen LogP contribution in [-0.2, 0) is 17.5 Å². The number of carbonyl (C=O) groups is 2. The first kappa shape index (κ1) is 26.9. The maximum absolute atomic E-state index is 12.9. The van der Waals surface area contributed by atoms with Gasteiger partial charge in [-0.2, -0.15) is 13.2 Å². The lowest BCUT2D eigenvalue weighted by Crippen LogP contribution is -2.18. The van der Waals surface area contributed by atoms with Gasteiger partial charge in [0, 0.05) is 37.3 Å². The average molecular weight is 529 g/mol. The standard InChI is InChI=1S/C22H20F3N5O2.C4H7NO/c23-22(24,25)14-3-5-16(6-4-14)30-8-1-9-32-19-10-13(2-7-18(19)30)21-28-15(12-26)11-17(29-21)20(27)31;6-4-2-1-3-5-4/h2-7,10-11H,1,8-9,12,26H2,(H2,27,31);1-3H2,(H,5,6). The van der Waals surface area contributed by atoms with Crippen molar-refractivity contribution in [2.24, 2.45) is 11.5 Å². The van der Waals surface area contributed by atoms with E-state index in [9.17, 15) is 22.8 Å². The van der Waals surface area contributed by atoms with Crippen molar-refractivity contribution in [3.63, 3.8) is 0 Å². The number of halogens is 3.